The van der Waals surface area contributed by atoms with Crippen molar-refractivity contribution < 1.29 is 24.3 Å². The fourth-order valence-electron chi connectivity index (χ4n) is 3.29. The monoisotopic (exact) mass is 457 g/mol. The van der Waals surface area contributed by atoms with E-state index in [1.165, 1.54) is 0 Å². The summed E-state index contributed by atoms with van der Waals surface area (Å²) in [6.45, 7) is 6.75. The Kier molecular flexibility index (Phi) is 18.1. The number of carbonyl (C=O) groups is 4. The molecule has 1 unspecified atom stereocenters. The minimum Gasteiger partial charge on any atom is -0.480 e. The zero-order valence-corrected chi connectivity index (χ0v) is 19.8. The first kappa shape index (κ1) is 29.8. The van der Waals surface area contributed by atoms with E-state index in [0.29, 0.717) is 32.4 Å². The van der Waals surface area contributed by atoms with E-state index in [1.54, 1.807) is 0 Å². The Bertz CT molecular complexity index is 553. The van der Waals surface area contributed by atoms with Crippen LogP contribution in [0.5, 0.6) is 0 Å². The number of nitrogens with one attached hydrogen (secondary N) is 3. The van der Waals surface area contributed by atoms with Gasteiger partial charge in [-0.3, -0.25) is 24.1 Å². The Morgan fingerprint density at radius 1 is 0.906 bits per heavy atom. The highest BCUT2D eigenvalue weighted by atomic mass is 16.4. The van der Waals surface area contributed by atoms with Crippen LogP contribution >= 0.6 is 0 Å². The van der Waals surface area contributed by atoms with E-state index >= 15 is 0 Å². The third kappa shape index (κ3) is 16.5. The molecule has 0 fully saturated rings. The number of nitrogens with two attached hydrogens (primary N) is 1. The van der Waals surface area contributed by atoms with Crippen molar-refractivity contribution in [1.29, 1.82) is 0 Å². The molecule has 0 spiro atoms. The van der Waals surface area contributed by atoms with Gasteiger partial charge in [-0.1, -0.05) is 20.3 Å². The number of carboxylic acid groups (broad SMARTS) is 1. The molecular weight excluding hydrogens is 414 g/mol. The molecule has 0 rings (SSSR count). The largest absolute Gasteiger partial charge is 0.480 e. The molecule has 0 aromatic heterocycles. The van der Waals surface area contributed by atoms with E-state index in [9.17, 15) is 19.2 Å². The Labute approximate surface area is 192 Å². The van der Waals surface area contributed by atoms with Crippen molar-refractivity contribution in [2.24, 2.45) is 5.73 Å². The van der Waals surface area contributed by atoms with Crippen LogP contribution in [-0.4, -0.2) is 79.0 Å². The summed E-state index contributed by atoms with van der Waals surface area (Å²) in [4.78, 5) is 49.1. The number of unbranched alkanes of at least 4 members (excludes halogenated alkanes) is 3. The van der Waals surface area contributed by atoms with Gasteiger partial charge in [-0.15, -0.1) is 0 Å². The third-order valence-corrected chi connectivity index (χ3v) is 4.86. The quantitative estimate of drug-likeness (QED) is 0.168. The number of aliphatic carboxylic acids is 1. The second-order valence-electron chi connectivity index (χ2n) is 7.95. The van der Waals surface area contributed by atoms with Crippen molar-refractivity contribution in [3.63, 3.8) is 0 Å². The van der Waals surface area contributed by atoms with E-state index in [1.807, 2.05) is 0 Å². The highest BCUT2D eigenvalue weighted by Crippen LogP contribution is 2.03. The van der Waals surface area contributed by atoms with Crippen LogP contribution in [0.3, 0.4) is 0 Å². The molecule has 0 aromatic carbocycles. The van der Waals surface area contributed by atoms with E-state index in [0.717, 1.165) is 45.2 Å². The van der Waals surface area contributed by atoms with Crippen LogP contribution in [0.1, 0.15) is 71.6 Å². The molecule has 6 N–H and O–H groups in total. The Morgan fingerprint density at radius 3 is 2.19 bits per heavy atom. The van der Waals surface area contributed by atoms with Gasteiger partial charge >= 0.3 is 5.97 Å². The lowest BCUT2D eigenvalue weighted by atomic mass is 10.1. The average Bonchev–Trinajstić information content (AvgIpc) is 2.74. The van der Waals surface area contributed by atoms with E-state index < -0.39 is 12.0 Å². The molecule has 10 heteroatoms. The fourth-order valence-corrected chi connectivity index (χ4v) is 3.29. The number of nitrogens with zero attached hydrogens (tertiary/aromatic N) is 1. The summed E-state index contributed by atoms with van der Waals surface area (Å²) in [5.41, 5.74) is 5.55. The standard InChI is InChI=1S/C22H43N5O5/c1-3-14-27(15-4-2)17-20(29)26-18(10-7-8-12-23)22(32)24-13-9-5-6-11-19(28)25-16-21(30)31/h18H,3-17,23H2,1-2H3,(H,24,32)(H,25,28)(H,26,29)(H,30,31). The van der Waals surface area contributed by atoms with Crippen molar-refractivity contribution in [3.8, 4) is 0 Å². The molecular formula is C22H43N5O5. The molecule has 10 nitrogen and oxygen atoms in total. The van der Waals surface area contributed by atoms with Gasteiger partial charge in [0, 0.05) is 13.0 Å². The van der Waals surface area contributed by atoms with Crippen molar-refractivity contribution >= 4 is 23.7 Å². The van der Waals surface area contributed by atoms with Crippen LogP contribution in [0.4, 0.5) is 0 Å². The van der Waals surface area contributed by atoms with Crippen molar-refractivity contribution in [2.75, 3.05) is 39.3 Å². The summed E-state index contributed by atoms with van der Waals surface area (Å²) in [6.07, 6.45) is 6.32. The van der Waals surface area contributed by atoms with Gasteiger partial charge in [-0.05, 0) is 64.6 Å². The van der Waals surface area contributed by atoms with Gasteiger partial charge in [0.05, 0.1) is 6.54 Å². The van der Waals surface area contributed by atoms with Gasteiger partial charge in [-0.2, -0.15) is 0 Å². The summed E-state index contributed by atoms with van der Waals surface area (Å²) < 4.78 is 0. The Balaban J connectivity index is 4.38. The van der Waals surface area contributed by atoms with Crippen LogP contribution in [0, 0.1) is 0 Å². The maximum absolute atomic E-state index is 12.6. The molecule has 0 radical (unpaired) electrons. The Morgan fingerprint density at radius 2 is 1.59 bits per heavy atom. The zero-order chi connectivity index (χ0) is 24.2. The average molecular weight is 458 g/mol. The molecule has 3 amide bonds. The summed E-state index contributed by atoms with van der Waals surface area (Å²) in [6, 6.07) is -0.582. The second kappa shape index (κ2) is 19.5. The molecule has 186 valence electrons. The number of rotatable bonds is 20. The normalized spacial score (nSPS) is 11.8. The van der Waals surface area contributed by atoms with Crippen LogP contribution in [0.25, 0.3) is 0 Å². The first-order valence-corrected chi connectivity index (χ1v) is 11.8. The lowest BCUT2D eigenvalue weighted by molar-refractivity contribution is -0.138. The Hall–Kier alpha value is -2.20. The molecule has 0 saturated carbocycles. The minimum atomic E-state index is -1.07. The van der Waals surface area contributed by atoms with Gasteiger partial charge in [0.15, 0.2) is 0 Å². The van der Waals surface area contributed by atoms with Crippen molar-refractivity contribution in [1.82, 2.24) is 20.9 Å². The predicted octanol–water partition coefficient (Wildman–Crippen LogP) is 0.600. The smallest absolute Gasteiger partial charge is 0.322 e. The highest BCUT2D eigenvalue weighted by Gasteiger charge is 2.21. The van der Waals surface area contributed by atoms with Gasteiger partial charge in [-0.25, -0.2) is 0 Å². The molecule has 0 aromatic rings. The summed E-state index contributed by atoms with van der Waals surface area (Å²) >= 11 is 0. The molecule has 0 aliphatic carbocycles. The predicted molar refractivity (Wildman–Crippen MR) is 124 cm³/mol. The van der Waals surface area contributed by atoms with Crippen molar-refractivity contribution in [2.45, 2.75) is 77.7 Å². The number of hydrogen-bond donors (Lipinski definition) is 5. The van der Waals surface area contributed by atoms with Crippen molar-refractivity contribution in [3.05, 3.63) is 0 Å². The molecule has 0 aliphatic heterocycles. The lowest BCUT2D eigenvalue weighted by Gasteiger charge is -2.23. The molecule has 0 saturated heterocycles. The van der Waals surface area contributed by atoms with Crippen LogP contribution in [0.2, 0.25) is 0 Å². The second-order valence-corrected chi connectivity index (χ2v) is 7.95. The van der Waals surface area contributed by atoms with Crippen LogP contribution < -0.4 is 21.7 Å². The van der Waals surface area contributed by atoms with E-state index in [-0.39, 0.29) is 37.2 Å². The van der Waals surface area contributed by atoms with Crippen LogP contribution in [-0.2, 0) is 19.2 Å². The fraction of sp³-hybridized carbons (Fsp3) is 0.818. The molecule has 0 aliphatic rings. The SMILES string of the molecule is CCCN(CCC)CC(=O)NC(CCCCN)C(=O)NCCCCCC(=O)NCC(=O)O. The van der Waals surface area contributed by atoms with Gasteiger partial charge in [0.1, 0.15) is 12.6 Å². The third-order valence-electron chi connectivity index (χ3n) is 4.86. The summed E-state index contributed by atoms with van der Waals surface area (Å²) in [7, 11) is 0. The van der Waals surface area contributed by atoms with E-state index in [4.69, 9.17) is 10.8 Å². The van der Waals surface area contributed by atoms with Gasteiger partial charge in [0.2, 0.25) is 17.7 Å². The summed E-state index contributed by atoms with van der Waals surface area (Å²) in [5.74, 6) is -1.71. The minimum absolute atomic E-state index is 0.146. The first-order chi connectivity index (χ1) is 15.3. The van der Waals surface area contributed by atoms with Gasteiger partial charge < -0.3 is 26.8 Å². The maximum atomic E-state index is 12.6. The highest BCUT2D eigenvalue weighted by molar-refractivity contribution is 5.88. The molecule has 0 bridgehead atoms. The van der Waals surface area contributed by atoms with Crippen LogP contribution in [0.15, 0.2) is 0 Å². The van der Waals surface area contributed by atoms with E-state index in [2.05, 4.69) is 34.7 Å². The molecule has 1 atom stereocenters. The maximum Gasteiger partial charge on any atom is 0.322 e. The number of carbonyl (C=O) groups excluding carboxylic acids is 3. The first-order valence-electron chi connectivity index (χ1n) is 11.8. The molecule has 32 heavy (non-hydrogen) atoms. The summed E-state index contributed by atoms with van der Waals surface area (Å²) in [5, 5.41) is 16.6. The zero-order valence-electron chi connectivity index (χ0n) is 19.8. The van der Waals surface area contributed by atoms with Gasteiger partial charge in [0.25, 0.3) is 0 Å². The topological polar surface area (TPSA) is 154 Å². The number of hydrogen-bond acceptors (Lipinski definition) is 6. The lowest BCUT2D eigenvalue weighted by Crippen LogP contribution is -2.49. The number of amides is 3. The molecule has 0 heterocycles. The number of carboxylic acids is 1.